The summed E-state index contributed by atoms with van der Waals surface area (Å²) >= 11 is 0. The minimum atomic E-state index is -1.04. The van der Waals surface area contributed by atoms with Crippen molar-refractivity contribution in [2.75, 3.05) is 13.2 Å². The quantitative estimate of drug-likeness (QED) is 0.811. The number of rotatable bonds is 7. The van der Waals surface area contributed by atoms with E-state index in [2.05, 4.69) is 5.32 Å². The van der Waals surface area contributed by atoms with Crippen LogP contribution in [0.25, 0.3) is 0 Å². The molecule has 0 aliphatic carbocycles. The fourth-order valence-corrected chi connectivity index (χ4v) is 2.75. The second-order valence-corrected chi connectivity index (χ2v) is 5.70. The molecular weight excluding hydrogens is 282 g/mol. The van der Waals surface area contributed by atoms with Crippen molar-refractivity contribution < 1.29 is 19.4 Å². The Morgan fingerprint density at radius 1 is 1.23 bits per heavy atom. The van der Waals surface area contributed by atoms with Gasteiger partial charge in [-0.3, -0.25) is 4.79 Å². The standard InChI is InChI=1S/C17H23NO4/c19-15(8-4-5-13-9-11-22-12-10-13)18-16(17(20)21)14-6-2-1-3-7-14/h1-3,6-7,13,16H,4-5,8-12H2,(H,18,19)(H,20,21)/t16-/m1/s1. The number of carboxylic acids is 1. The number of hydrogen-bond acceptors (Lipinski definition) is 3. The summed E-state index contributed by atoms with van der Waals surface area (Å²) in [6.45, 7) is 1.62. The lowest BCUT2D eigenvalue weighted by atomic mass is 9.94. The number of carboxylic acid groups (broad SMARTS) is 1. The molecule has 0 bridgehead atoms. The Hall–Kier alpha value is -1.88. The van der Waals surface area contributed by atoms with Crippen molar-refractivity contribution in [3.63, 3.8) is 0 Å². The molecule has 1 aliphatic rings. The molecule has 5 heteroatoms. The fraction of sp³-hybridized carbons (Fsp3) is 0.529. The summed E-state index contributed by atoms with van der Waals surface area (Å²) < 4.78 is 5.31. The number of carbonyl (C=O) groups is 2. The first-order valence-electron chi connectivity index (χ1n) is 7.81. The summed E-state index contributed by atoms with van der Waals surface area (Å²) in [5.74, 6) is -0.613. The van der Waals surface area contributed by atoms with Crippen LogP contribution in [0, 0.1) is 5.92 Å². The maximum Gasteiger partial charge on any atom is 0.330 e. The highest BCUT2D eigenvalue weighted by Gasteiger charge is 2.21. The van der Waals surface area contributed by atoms with Crippen LogP contribution in [0.15, 0.2) is 30.3 Å². The lowest BCUT2D eigenvalue weighted by molar-refractivity contribution is -0.142. The molecule has 1 heterocycles. The van der Waals surface area contributed by atoms with E-state index in [1.54, 1.807) is 24.3 Å². The van der Waals surface area contributed by atoms with Gasteiger partial charge in [-0.15, -0.1) is 0 Å². The molecule has 0 unspecified atom stereocenters. The van der Waals surface area contributed by atoms with Gasteiger partial charge in [0.05, 0.1) is 0 Å². The van der Waals surface area contributed by atoms with E-state index < -0.39 is 12.0 Å². The van der Waals surface area contributed by atoms with Crippen LogP contribution in [-0.2, 0) is 14.3 Å². The first-order valence-corrected chi connectivity index (χ1v) is 7.81. The molecular formula is C17H23NO4. The molecule has 1 aromatic rings. The summed E-state index contributed by atoms with van der Waals surface area (Å²) in [6.07, 6.45) is 4.28. The predicted molar refractivity (Wildman–Crippen MR) is 82.4 cm³/mol. The van der Waals surface area contributed by atoms with Crippen molar-refractivity contribution in [3.05, 3.63) is 35.9 Å². The Bertz CT molecular complexity index is 483. The number of carbonyl (C=O) groups excluding carboxylic acids is 1. The van der Waals surface area contributed by atoms with Crippen molar-refractivity contribution in [2.24, 2.45) is 5.92 Å². The van der Waals surface area contributed by atoms with Crippen molar-refractivity contribution in [3.8, 4) is 0 Å². The Balaban J connectivity index is 1.77. The molecule has 2 rings (SSSR count). The molecule has 22 heavy (non-hydrogen) atoms. The number of amides is 1. The largest absolute Gasteiger partial charge is 0.479 e. The molecule has 0 saturated carbocycles. The molecule has 2 N–H and O–H groups in total. The second kappa shape index (κ2) is 8.54. The first kappa shape index (κ1) is 16.5. The van der Waals surface area contributed by atoms with Crippen LogP contribution >= 0.6 is 0 Å². The third kappa shape index (κ3) is 5.15. The maximum absolute atomic E-state index is 12.0. The summed E-state index contributed by atoms with van der Waals surface area (Å²) in [5.41, 5.74) is 0.591. The minimum absolute atomic E-state index is 0.205. The fourth-order valence-electron chi connectivity index (χ4n) is 2.75. The second-order valence-electron chi connectivity index (χ2n) is 5.70. The molecule has 5 nitrogen and oxygen atoms in total. The molecule has 1 saturated heterocycles. The van der Waals surface area contributed by atoms with Gasteiger partial charge in [0.2, 0.25) is 5.91 Å². The highest BCUT2D eigenvalue weighted by Crippen LogP contribution is 2.21. The molecule has 0 spiro atoms. The highest BCUT2D eigenvalue weighted by molar-refractivity contribution is 5.84. The molecule has 0 aromatic heterocycles. The normalized spacial score (nSPS) is 16.9. The Morgan fingerprint density at radius 2 is 1.91 bits per heavy atom. The van der Waals surface area contributed by atoms with Crippen LogP contribution in [0.3, 0.4) is 0 Å². The topological polar surface area (TPSA) is 75.6 Å². The molecule has 1 fully saturated rings. The lowest BCUT2D eigenvalue weighted by Crippen LogP contribution is -2.33. The van der Waals surface area contributed by atoms with Crippen molar-refractivity contribution in [2.45, 2.75) is 38.1 Å². The molecule has 0 radical (unpaired) electrons. The highest BCUT2D eigenvalue weighted by atomic mass is 16.5. The Morgan fingerprint density at radius 3 is 2.55 bits per heavy atom. The van der Waals surface area contributed by atoms with Gasteiger partial charge in [-0.2, -0.15) is 0 Å². The van der Waals surface area contributed by atoms with Crippen LogP contribution in [-0.4, -0.2) is 30.2 Å². The van der Waals surface area contributed by atoms with Crippen LogP contribution in [0.5, 0.6) is 0 Å². The van der Waals surface area contributed by atoms with E-state index in [4.69, 9.17) is 4.74 Å². The van der Waals surface area contributed by atoms with Gasteiger partial charge in [0.15, 0.2) is 6.04 Å². The van der Waals surface area contributed by atoms with Crippen molar-refractivity contribution >= 4 is 11.9 Å². The number of aliphatic carboxylic acids is 1. The van der Waals surface area contributed by atoms with E-state index >= 15 is 0 Å². The van der Waals surface area contributed by atoms with E-state index in [1.807, 2.05) is 6.07 Å². The number of hydrogen-bond donors (Lipinski definition) is 2. The molecule has 120 valence electrons. The van der Waals surface area contributed by atoms with E-state index in [0.717, 1.165) is 38.9 Å². The number of benzene rings is 1. The van der Waals surface area contributed by atoms with Crippen LogP contribution < -0.4 is 5.32 Å². The third-order valence-corrected chi connectivity index (χ3v) is 4.04. The molecule has 1 amide bonds. The summed E-state index contributed by atoms with van der Waals surface area (Å²) in [7, 11) is 0. The minimum Gasteiger partial charge on any atom is -0.479 e. The smallest absolute Gasteiger partial charge is 0.330 e. The van der Waals surface area contributed by atoms with Gasteiger partial charge >= 0.3 is 5.97 Å². The Kier molecular flexibility index (Phi) is 6.40. The summed E-state index contributed by atoms with van der Waals surface area (Å²) in [6, 6.07) is 7.79. The number of nitrogens with one attached hydrogen (secondary N) is 1. The van der Waals surface area contributed by atoms with E-state index in [-0.39, 0.29) is 5.91 Å². The van der Waals surface area contributed by atoms with Crippen LogP contribution in [0.2, 0.25) is 0 Å². The van der Waals surface area contributed by atoms with Gasteiger partial charge in [-0.25, -0.2) is 4.79 Å². The van der Waals surface area contributed by atoms with Gasteiger partial charge in [0.1, 0.15) is 0 Å². The van der Waals surface area contributed by atoms with Crippen molar-refractivity contribution in [1.29, 1.82) is 0 Å². The third-order valence-electron chi connectivity index (χ3n) is 4.04. The molecule has 1 atom stereocenters. The van der Waals surface area contributed by atoms with Crippen LogP contribution in [0.4, 0.5) is 0 Å². The molecule has 1 aromatic carbocycles. The van der Waals surface area contributed by atoms with Gasteiger partial charge < -0.3 is 15.2 Å². The average molecular weight is 305 g/mol. The van der Waals surface area contributed by atoms with Gasteiger partial charge in [0, 0.05) is 19.6 Å². The summed E-state index contributed by atoms with van der Waals surface area (Å²) in [4.78, 5) is 23.3. The zero-order chi connectivity index (χ0) is 15.8. The van der Waals surface area contributed by atoms with E-state index in [0.29, 0.717) is 17.9 Å². The zero-order valence-electron chi connectivity index (χ0n) is 12.7. The lowest BCUT2D eigenvalue weighted by Gasteiger charge is -2.21. The monoisotopic (exact) mass is 305 g/mol. The average Bonchev–Trinajstić information content (AvgIpc) is 2.54. The van der Waals surface area contributed by atoms with Crippen LogP contribution in [0.1, 0.15) is 43.7 Å². The maximum atomic E-state index is 12.0. The Labute approximate surface area is 130 Å². The van der Waals surface area contributed by atoms with Gasteiger partial charge in [0.25, 0.3) is 0 Å². The van der Waals surface area contributed by atoms with Crippen molar-refractivity contribution in [1.82, 2.24) is 5.32 Å². The summed E-state index contributed by atoms with van der Waals surface area (Å²) in [5, 5.41) is 11.9. The van der Waals surface area contributed by atoms with Gasteiger partial charge in [-0.05, 0) is 37.2 Å². The van der Waals surface area contributed by atoms with Gasteiger partial charge in [-0.1, -0.05) is 30.3 Å². The SMILES string of the molecule is O=C(CCCC1CCOCC1)N[C@@H](C(=O)O)c1ccccc1. The van der Waals surface area contributed by atoms with E-state index in [1.165, 1.54) is 0 Å². The predicted octanol–water partition coefficient (Wildman–Crippen LogP) is 2.53. The zero-order valence-corrected chi connectivity index (χ0v) is 12.7. The van der Waals surface area contributed by atoms with E-state index in [9.17, 15) is 14.7 Å². The molecule has 1 aliphatic heterocycles. The first-order chi connectivity index (χ1) is 10.7. The number of ether oxygens (including phenoxy) is 1.